The van der Waals surface area contributed by atoms with Gasteiger partial charge in [-0.2, -0.15) is 4.68 Å². The van der Waals surface area contributed by atoms with Crippen LogP contribution in [0.1, 0.15) is 35.5 Å². The Bertz CT molecular complexity index is 1900. The zero-order chi connectivity index (χ0) is 26.2. The summed E-state index contributed by atoms with van der Waals surface area (Å²) in [6.07, 6.45) is 8.43. The number of nitrogens with one attached hydrogen (secondary N) is 2. The van der Waals surface area contributed by atoms with Crippen LogP contribution in [0.25, 0.3) is 34.1 Å². The van der Waals surface area contributed by atoms with E-state index in [9.17, 15) is 4.79 Å². The molecule has 10 heteroatoms. The summed E-state index contributed by atoms with van der Waals surface area (Å²) in [7, 11) is 0. The van der Waals surface area contributed by atoms with E-state index in [0.717, 1.165) is 63.0 Å². The molecule has 3 aliphatic rings. The van der Waals surface area contributed by atoms with Gasteiger partial charge in [-0.05, 0) is 76.4 Å². The van der Waals surface area contributed by atoms with Crippen LogP contribution in [0, 0.1) is 5.92 Å². The van der Waals surface area contributed by atoms with Crippen LogP contribution in [-0.2, 0) is 0 Å². The Balaban J connectivity index is 1.17. The third-order valence-corrected chi connectivity index (χ3v) is 8.10. The molecule has 1 saturated carbocycles. The summed E-state index contributed by atoms with van der Waals surface area (Å²) in [5.41, 5.74) is 8.27. The number of hydrogen-bond acceptors (Lipinski definition) is 6. The predicted octanol–water partition coefficient (Wildman–Crippen LogP) is 5.19. The second-order valence-electron chi connectivity index (χ2n) is 10.2. The highest BCUT2D eigenvalue weighted by Crippen LogP contribution is 2.60. The molecule has 8 rings (SSSR count). The Morgan fingerprint density at radius 3 is 2.85 bits per heavy atom. The molecule has 1 fully saturated rings. The molecule has 3 aromatic heterocycles. The molecule has 2 aromatic carbocycles. The molecule has 0 amide bonds. The first-order valence-corrected chi connectivity index (χ1v) is 13.0. The van der Waals surface area contributed by atoms with Crippen LogP contribution in [0.5, 0.6) is 0 Å². The van der Waals surface area contributed by atoms with Gasteiger partial charge in [0, 0.05) is 45.2 Å². The number of nitrogens with zero attached hydrogens (tertiary/aromatic N) is 6. The van der Waals surface area contributed by atoms with E-state index in [1.54, 1.807) is 16.8 Å². The molecular formula is C29H21ClN8O. The Morgan fingerprint density at radius 2 is 1.97 bits per heavy atom. The van der Waals surface area contributed by atoms with Crippen LogP contribution >= 0.6 is 11.6 Å². The molecule has 3 atom stereocenters. The molecule has 1 aliphatic carbocycles. The first-order chi connectivity index (χ1) is 19.0. The summed E-state index contributed by atoms with van der Waals surface area (Å²) in [5.74, 6) is 1.47. The number of aromatic amines is 1. The quantitative estimate of drug-likeness (QED) is 0.330. The van der Waals surface area contributed by atoms with Crippen LogP contribution in [0.3, 0.4) is 0 Å². The third-order valence-electron chi connectivity index (χ3n) is 7.86. The van der Waals surface area contributed by atoms with Crippen molar-refractivity contribution in [3.63, 3.8) is 0 Å². The number of benzene rings is 2. The van der Waals surface area contributed by atoms with Crippen molar-refractivity contribution in [2.45, 2.75) is 18.4 Å². The maximum absolute atomic E-state index is 13.6. The standard InChI is InChI=1S/C29H21ClN8O/c1-15-2-3-16-8-17(4-6-23(16)33-15)24-13-31-29(34-24)28-22-12-21(22)26-9-18(10-27(39)38(26)28)20-11-19(30)5-7-25(20)37-14-32-35-36-37/h2-11,13-14,21-22,28,33H,1,12H2,(H,31,34). The van der Waals surface area contributed by atoms with Gasteiger partial charge in [0.25, 0.3) is 5.56 Å². The number of hydrogen-bond donors (Lipinski definition) is 2. The Morgan fingerprint density at radius 1 is 1.05 bits per heavy atom. The number of imidazole rings is 1. The Kier molecular flexibility index (Phi) is 4.63. The van der Waals surface area contributed by atoms with E-state index in [1.165, 1.54) is 6.33 Å². The van der Waals surface area contributed by atoms with E-state index in [4.69, 9.17) is 16.6 Å². The summed E-state index contributed by atoms with van der Waals surface area (Å²) in [4.78, 5) is 21.9. The van der Waals surface area contributed by atoms with Gasteiger partial charge < -0.3 is 14.9 Å². The van der Waals surface area contributed by atoms with Gasteiger partial charge in [0.1, 0.15) is 12.2 Å². The zero-order valence-electron chi connectivity index (χ0n) is 20.5. The monoisotopic (exact) mass is 532 g/mol. The topological polar surface area (TPSA) is 106 Å². The van der Waals surface area contributed by atoms with Crippen molar-refractivity contribution < 1.29 is 0 Å². The lowest BCUT2D eigenvalue weighted by Crippen LogP contribution is -2.26. The van der Waals surface area contributed by atoms with Gasteiger partial charge >= 0.3 is 0 Å². The minimum absolute atomic E-state index is 0.0643. The van der Waals surface area contributed by atoms with Crippen LogP contribution < -0.4 is 10.9 Å². The van der Waals surface area contributed by atoms with Crippen molar-refractivity contribution in [3.05, 3.63) is 112 Å². The summed E-state index contributed by atoms with van der Waals surface area (Å²) in [6.45, 7) is 3.96. The van der Waals surface area contributed by atoms with E-state index < -0.39 is 0 Å². The zero-order valence-corrected chi connectivity index (χ0v) is 21.3. The minimum Gasteiger partial charge on any atom is -0.356 e. The fourth-order valence-corrected chi connectivity index (χ4v) is 6.16. The molecule has 0 saturated heterocycles. The molecule has 9 nitrogen and oxygen atoms in total. The molecule has 39 heavy (non-hydrogen) atoms. The molecule has 190 valence electrons. The number of halogens is 1. The fourth-order valence-electron chi connectivity index (χ4n) is 5.99. The van der Waals surface area contributed by atoms with E-state index in [1.807, 2.05) is 35.0 Å². The lowest BCUT2D eigenvalue weighted by Gasteiger charge is -2.18. The van der Waals surface area contributed by atoms with Crippen molar-refractivity contribution in [1.29, 1.82) is 0 Å². The van der Waals surface area contributed by atoms with Gasteiger partial charge in [0.2, 0.25) is 0 Å². The molecule has 0 spiro atoms. The molecule has 0 bridgehead atoms. The first-order valence-electron chi connectivity index (χ1n) is 12.7. The van der Waals surface area contributed by atoms with Crippen LogP contribution in [-0.4, -0.2) is 34.7 Å². The Hall–Kier alpha value is -4.76. The number of tetrazole rings is 1. The normalized spacial score (nSPS) is 20.3. The lowest BCUT2D eigenvalue weighted by molar-refractivity contribution is 0.515. The van der Waals surface area contributed by atoms with E-state index in [-0.39, 0.29) is 11.6 Å². The smallest absolute Gasteiger partial charge is 0.252 e. The summed E-state index contributed by atoms with van der Waals surface area (Å²) >= 11 is 6.36. The predicted molar refractivity (Wildman–Crippen MR) is 149 cm³/mol. The highest BCUT2D eigenvalue weighted by atomic mass is 35.5. The highest BCUT2D eigenvalue weighted by molar-refractivity contribution is 6.31. The molecule has 2 aliphatic heterocycles. The number of H-pyrrole nitrogens is 1. The van der Waals surface area contributed by atoms with E-state index >= 15 is 0 Å². The molecule has 2 N–H and O–H groups in total. The number of pyridine rings is 1. The summed E-state index contributed by atoms with van der Waals surface area (Å²) < 4.78 is 3.48. The molecule has 3 unspecified atom stereocenters. The largest absolute Gasteiger partial charge is 0.356 e. The number of allylic oxidation sites excluding steroid dienone is 1. The molecule has 5 heterocycles. The maximum Gasteiger partial charge on any atom is 0.252 e. The number of aromatic nitrogens is 7. The van der Waals surface area contributed by atoms with Crippen LogP contribution in [0.2, 0.25) is 5.02 Å². The van der Waals surface area contributed by atoms with Crippen LogP contribution in [0.4, 0.5) is 5.69 Å². The van der Waals surface area contributed by atoms with Gasteiger partial charge in [0.05, 0.1) is 23.6 Å². The van der Waals surface area contributed by atoms with Crippen molar-refractivity contribution >= 4 is 23.4 Å². The van der Waals surface area contributed by atoms with Gasteiger partial charge in [0.15, 0.2) is 0 Å². The van der Waals surface area contributed by atoms with Crippen molar-refractivity contribution in [2.75, 3.05) is 5.32 Å². The fraction of sp³-hybridized carbons (Fsp3) is 0.138. The molecule has 5 aromatic rings. The lowest BCUT2D eigenvalue weighted by atomic mass is 10.0. The van der Waals surface area contributed by atoms with Crippen molar-refractivity contribution in [2.24, 2.45) is 5.92 Å². The SMILES string of the molecule is C=C1C=Cc2cc(-c3cnc(C4C5CC5c5cc(-c6cc(Cl)ccc6-n6cnnn6)cc(=O)n54)[nH]3)ccc2N1. The summed E-state index contributed by atoms with van der Waals surface area (Å²) in [5, 5.41) is 15.4. The average Bonchev–Trinajstić information content (AvgIpc) is 3.28. The molecule has 0 radical (unpaired) electrons. The van der Waals surface area contributed by atoms with Gasteiger partial charge in [-0.15, -0.1) is 5.10 Å². The van der Waals surface area contributed by atoms with Crippen molar-refractivity contribution in [3.8, 4) is 28.1 Å². The average molecular weight is 533 g/mol. The first kappa shape index (κ1) is 22.2. The summed E-state index contributed by atoms with van der Waals surface area (Å²) in [6, 6.07) is 15.4. The van der Waals surface area contributed by atoms with E-state index in [0.29, 0.717) is 16.9 Å². The van der Waals surface area contributed by atoms with Gasteiger partial charge in [-0.25, -0.2) is 4.98 Å². The highest BCUT2D eigenvalue weighted by Gasteiger charge is 2.54. The second-order valence-corrected chi connectivity index (χ2v) is 10.6. The van der Waals surface area contributed by atoms with Gasteiger partial charge in [-0.3, -0.25) is 4.79 Å². The van der Waals surface area contributed by atoms with Crippen LogP contribution in [0.15, 0.2) is 84.2 Å². The maximum atomic E-state index is 13.6. The number of anilines is 1. The second kappa shape index (κ2) is 8.12. The van der Waals surface area contributed by atoms with Gasteiger partial charge in [-0.1, -0.05) is 30.3 Å². The van der Waals surface area contributed by atoms with Crippen molar-refractivity contribution in [1.82, 2.24) is 34.7 Å². The molecular weight excluding hydrogens is 512 g/mol. The van der Waals surface area contributed by atoms with E-state index in [2.05, 4.69) is 56.7 Å². The number of rotatable bonds is 4. The number of fused-ring (bicyclic) bond motifs is 4. The Labute approximate surface area is 227 Å². The minimum atomic E-state index is -0.124. The third kappa shape index (κ3) is 3.50.